The molecule has 0 bridgehead atoms. The highest BCUT2D eigenvalue weighted by Gasteiger charge is 2.37. The molecule has 2 heterocycles. The summed E-state index contributed by atoms with van der Waals surface area (Å²) in [6, 6.07) is 14.5. The second-order valence-electron chi connectivity index (χ2n) is 8.02. The predicted molar refractivity (Wildman–Crippen MR) is 122 cm³/mol. The van der Waals surface area contributed by atoms with E-state index < -0.39 is 6.04 Å². The number of nitrogens with zero attached hydrogens (tertiary/aromatic N) is 4. The van der Waals surface area contributed by atoms with Gasteiger partial charge in [-0.3, -0.25) is 9.59 Å². The number of hydrogen-bond acceptors (Lipinski definition) is 5. The van der Waals surface area contributed by atoms with Crippen molar-refractivity contribution in [3.8, 4) is 5.75 Å². The summed E-state index contributed by atoms with van der Waals surface area (Å²) in [6.45, 7) is 5.14. The lowest BCUT2D eigenvalue weighted by Gasteiger charge is -2.28. The molecule has 1 fully saturated rings. The number of benzene rings is 2. The van der Waals surface area contributed by atoms with Gasteiger partial charge < -0.3 is 14.5 Å². The number of likely N-dealkylation sites (N-methyl/N-ethyl adjacent to an activating group) is 1. The first kappa shape index (κ1) is 21.7. The quantitative estimate of drug-likeness (QED) is 0.595. The molecule has 166 valence electrons. The van der Waals surface area contributed by atoms with E-state index >= 15 is 0 Å². The number of rotatable bonds is 6. The van der Waals surface area contributed by atoms with Gasteiger partial charge >= 0.3 is 0 Å². The van der Waals surface area contributed by atoms with Crippen molar-refractivity contribution in [3.05, 3.63) is 65.6 Å². The van der Waals surface area contributed by atoms with E-state index in [2.05, 4.69) is 9.97 Å². The summed E-state index contributed by atoms with van der Waals surface area (Å²) in [6.07, 6.45) is 1.43. The van der Waals surface area contributed by atoms with Crippen LogP contribution >= 0.6 is 0 Å². The summed E-state index contributed by atoms with van der Waals surface area (Å²) >= 11 is 0. The predicted octanol–water partition coefficient (Wildman–Crippen LogP) is 3.60. The lowest BCUT2D eigenvalue weighted by molar-refractivity contribution is -0.134. The zero-order valence-corrected chi connectivity index (χ0v) is 18.7. The Bertz CT molecular complexity index is 1150. The number of aryl methyl sites for hydroxylation is 1. The molecule has 0 saturated carbocycles. The summed E-state index contributed by atoms with van der Waals surface area (Å²) in [4.78, 5) is 39.1. The summed E-state index contributed by atoms with van der Waals surface area (Å²) in [7, 11) is 1.74. The minimum Gasteiger partial charge on any atom is -0.493 e. The molecule has 0 radical (unpaired) electrons. The normalized spacial score (nSPS) is 15.7. The van der Waals surface area contributed by atoms with Crippen LogP contribution in [-0.4, -0.2) is 57.8 Å². The van der Waals surface area contributed by atoms with Crippen LogP contribution in [-0.2, 0) is 11.3 Å². The molecule has 4 rings (SSSR count). The van der Waals surface area contributed by atoms with Gasteiger partial charge in [0.2, 0.25) is 5.91 Å². The van der Waals surface area contributed by atoms with Crippen LogP contribution < -0.4 is 4.74 Å². The first-order valence-electron chi connectivity index (χ1n) is 11.0. The van der Waals surface area contributed by atoms with E-state index in [1.165, 1.54) is 0 Å². The Balaban J connectivity index is 1.52. The van der Waals surface area contributed by atoms with Gasteiger partial charge in [-0.15, -0.1) is 0 Å². The maximum Gasteiger partial charge on any atom is 0.258 e. The third kappa shape index (κ3) is 4.28. The van der Waals surface area contributed by atoms with Crippen LogP contribution in [0.1, 0.15) is 41.6 Å². The number of carbonyl (C=O) groups excluding carboxylic acids is 2. The Morgan fingerprint density at radius 3 is 2.69 bits per heavy atom. The van der Waals surface area contributed by atoms with E-state index in [1.807, 2.05) is 50.2 Å². The molecule has 2 amide bonds. The molecule has 0 N–H and O–H groups in total. The van der Waals surface area contributed by atoms with Gasteiger partial charge in [0, 0.05) is 24.7 Å². The van der Waals surface area contributed by atoms with Gasteiger partial charge in [-0.05, 0) is 44.9 Å². The van der Waals surface area contributed by atoms with Crippen LogP contribution in [0.3, 0.4) is 0 Å². The molecule has 1 aromatic heterocycles. The number of ether oxygens (including phenoxy) is 1. The highest BCUT2D eigenvalue weighted by Crippen LogP contribution is 2.26. The Hall–Kier alpha value is -3.48. The molecule has 1 saturated heterocycles. The van der Waals surface area contributed by atoms with E-state index in [4.69, 9.17) is 4.74 Å². The number of amides is 2. The lowest BCUT2D eigenvalue weighted by atomic mass is 10.1. The fourth-order valence-electron chi connectivity index (χ4n) is 4.26. The topological polar surface area (TPSA) is 75.6 Å². The second kappa shape index (κ2) is 9.34. The minimum absolute atomic E-state index is 0.0980. The molecule has 1 unspecified atom stereocenters. The monoisotopic (exact) mass is 432 g/mol. The summed E-state index contributed by atoms with van der Waals surface area (Å²) < 4.78 is 5.63. The van der Waals surface area contributed by atoms with Gasteiger partial charge in [-0.2, -0.15) is 0 Å². The van der Waals surface area contributed by atoms with Crippen molar-refractivity contribution in [3.63, 3.8) is 0 Å². The lowest BCUT2D eigenvalue weighted by Crippen LogP contribution is -2.46. The largest absolute Gasteiger partial charge is 0.493 e. The molecule has 1 aliphatic heterocycles. The Kier molecular flexibility index (Phi) is 6.35. The molecule has 1 atom stereocenters. The number of para-hydroxylation sites is 2. The minimum atomic E-state index is -0.497. The van der Waals surface area contributed by atoms with Gasteiger partial charge in [-0.25, -0.2) is 9.97 Å². The SMILES string of the molecule is CCOc1ccccc1C(=O)N1CCCC1C(=O)N(C)Cc1nc(C)c2ccccc2n1. The van der Waals surface area contributed by atoms with Crippen molar-refractivity contribution in [1.82, 2.24) is 19.8 Å². The zero-order valence-electron chi connectivity index (χ0n) is 18.7. The van der Waals surface area contributed by atoms with E-state index in [0.29, 0.717) is 43.3 Å². The standard InChI is InChI=1S/C25H28N4O3/c1-4-32-22-14-8-6-11-19(22)24(30)29-15-9-13-21(29)25(31)28(3)16-23-26-17(2)18-10-5-7-12-20(18)27-23/h5-8,10-12,14,21H,4,9,13,15-16H2,1-3H3. The average molecular weight is 433 g/mol. The van der Waals surface area contributed by atoms with Crippen LogP contribution in [0.15, 0.2) is 48.5 Å². The molecule has 2 aromatic carbocycles. The number of fused-ring (bicyclic) bond motifs is 1. The van der Waals surface area contributed by atoms with Crippen molar-refractivity contribution in [1.29, 1.82) is 0 Å². The number of likely N-dealkylation sites (tertiary alicyclic amines) is 1. The van der Waals surface area contributed by atoms with Gasteiger partial charge in [0.15, 0.2) is 0 Å². The highest BCUT2D eigenvalue weighted by molar-refractivity contribution is 6.00. The third-order valence-corrected chi connectivity index (χ3v) is 5.81. The van der Waals surface area contributed by atoms with Crippen molar-refractivity contribution in [2.24, 2.45) is 0 Å². The number of hydrogen-bond donors (Lipinski definition) is 0. The van der Waals surface area contributed by atoms with Gasteiger partial charge in [0.25, 0.3) is 5.91 Å². The van der Waals surface area contributed by atoms with Crippen LogP contribution in [0.5, 0.6) is 5.75 Å². The van der Waals surface area contributed by atoms with Crippen molar-refractivity contribution >= 4 is 22.7 Å². The molecule has 0 aliphatic carbocycles. The summed E-state index contributed by atoms with van der Waals surface area (Å²) in [5.74, 6) is 0.872. The van der Waals surface area contributed by atoms with E-state index in [9.17, 15) is 9.59 Å². The fourth-order valence-corrected chi connectivity index (χ4v) is 4.26. The fraction of sp³-hybridized carbons (Fsp3) is 0.360. The van der Waals surface area contributed by atoms with Crippen LogP contribution in [0.2, 0.25) is 0 Å². The molecular weight excluding hydrogens is 404 g/mol. The van der Waals surface area contributed by atoms with Crippen molar-refractivity contribution in [2.75, 3.05) is 20.2 Å². The van der Waals surface area contributed by atoms with Gasteiger partial charge in [0.1, 0.15) is 17.6 Å². The number of aromatic nitrogens is 2. The summed E-state index contributed by atoms with van der Waals surface area (Å²) in [5, 5.41) is 1.01. The Morgan fingerprint density at radius 2 is 1.88 bits per heavy atom. The maximum absolute atomic E-state index is 13.3. The molecular formula is C25H28N4O3. The van der Waals surface area contributed by atoms with Crippen LogP contribution in [0.4, 0.5) is 0 Å². The summed E-state index contributed by atoms with van der Waals surface area (Å²) in [5.41, 5.74) is 2.24. The van der Waals surface area contributed by atoms with Crippen LogP contribution in [0.25, 0.3) is 10.9 Å². The number of carbonyl (C=O) groups is 2. The molecule has 32 heavy (non-hydrogen) atoms. The van der Waals surface area contributed by atoms with E-state index in [-0.39, 0.29) is 11.8 Å². The Labute approximate surface area is 188 Å². The Morgan fingerprint density at radius 1 is 1.12 bits per heavy atom. The van der Waals surface area contributed by atoms with Gasteiger partial charge in [-0.1, -0.05) is 30.3 Å². The molecule has 7 heteroatoms. The molecule has 3 aromatic rings. The van der Waals surface area contributed by atoms with E-state index in [1.54, 1.807) is 29.0 Å². The third-order valence-electron chi connectivity index (χ3n) is 5.81. The second-order valence-corrected chi connectivity index (χ2v) is 8.02. The average Bonchev–Trinajstić information content (AvgIpc) is 3.28. The maximum atomic E-state index is 13.3. The first-order valence-corrected chi connectivity index (χ1v) is 11.0. The first-order chi connectivity index (χ1) is 15.5. The highest BCUT2D eigenvalue weighted by atomic mass is 16.5. The zero-order chi connectivity index (χ0) is 22.7. The molecule has 7 nitrogen and oxygen atoms in total. The van der Waals surface area contributed by atoms with Crippen LogP contribution in [0, 0.1) is 6.92 Å². The smallest absolute Gasteiger partial charge is 0.258 e. The van der Waals surface area contributed by atoms with Crippen molar-refractivity contribution in [2.45, 2.75) is 39.3 Å². The van der Waals surface area contributed by atoms with Gasteiger partial charge in [0.05, 0.1) is 24.2 Å². The molecule has 0 spiro atoms. The van der Waals surface area contributed by atoms with Crippen molar-refractivity contribution < 1.29 is 14.3 Å². The molecule has 1 aliphatic rings. The van der Waals surface area contributed by atoms with E-state index in [0.717, 1.165) is 23.0 Å².